The summed E-state index contributed by atoms with van der Waals surface area (Å²) in [6.45, 7) is 5.45. The van der Waals surface area contributed by atoms with Crippen molar-refractivity contribution >= 4 is 29.1 Å². The molecule has 1 aliphatic heterocycles. The van der Waals surface area contributed by atoms with Gasteiger partial charge >= 0.3 is 0 Å². The van der Waals surface area contributed by atoms with E-state index in [2.05, 4.69) is 10.2 Å². The molecule has 0 saturated carbocycles. The van der Waals surface area contributed by atoms with Gasteiger partial charge < -0.3 is 9.80 Å². The lowest BCUT2D eigenvalue weighted by molar-refractivity contribution is -0.121. The quantitative estimate of drug-likeness (QED) is 0.615. The Morgan fingerprint density at radius 3 is 2.53 bits per heavy atom. The Labute approximate surface area is 201 Å². The molecule has 0 spiro atoms. The highest BCUT2D eigenvalue weighted by Gasteiger charge is 2.34. The number of carbonyl (C=O) groups excluding carboxylic acids is 2. The largest absolute Gasteiger partial charge is 0.327 e. The first-order chi connectivity index (χ1) is 16.2. The summed E-state index contributed by atoms with van der Waals surface area (Å²) < 4.78 is 14.7. The molecule has 176 valence electrons. The maximum Gasteiger partial charge on any atom is 0.267 e. The fourth-order valence-corrected chi connectivity index (χ4v) is 4.29. The van der Waals surface area contributed by atoms with Crippen LogP contribution in [0.1, 0.15) is 39.7 Å². The number of anilines is 1. The number of nitrogens with zero attached hydrogens (tertiary/aromatic N) is 3. The maximum absolute atomic E-state index is 14.7. The summed E-state index contributed by atoms with van der Waals surface area (Å²) in [7, 11) is 0. The summed E-state index contributed by atoms with van der Waals surface area (Å²) in [5.74, 6) is -1.46. The lowest BCUT2D eigenvalue weighted by Gasteiger charge is -2.39. The SMILES string of the molecule is Cc1c(Cc2ccc(F)c(C(=O)N3CC(=O)N(c4ccc(Cl)cc4)[C@H](C)C3)c2)n[nH]c(=O)c1C. The van der Waals surface area contributed by atoms with Crippen molar-refractivity contribution in [3.63, 3.8) is 0 Å². The van der Waals surface area contributed by atoms with Crippen molar-refractivity contribution in [1.82, 2.24) is 15.1 Å². The number of hydrogen-bond donors (Lipinski definition) is 1. The second-order valence-corrected chi connectivity index (χ2v) is 8.95. The minimum atomic E-state index is -0.656. The molecule has 0 unspecified atom stereocenters. The third kappa shape index (κ3) is 4.59. The van der Waals surface area contributed by atoms with E-state index in [9.17, 15) is 18.8 Å². The number of halogens is 2. The first-order valence-electron chi connectivity index (χ1n) is 10.9. The van der Waals surface area contributed by atoms with Crippen molar-refractivity contribution in [2.45, 2.75) is 33.2 Å². The smallest absolute Gasteiger partial charge is 0.267 e. The van der Waals surface area contributed by atoms with E-state index in [1.54, 1.807) is 49.1 Å². The highest BCUT2D eigenvalue weighted by Crippen LogP contribution is 2.25. The third-order valence-corrected chi connectivity index (χ3v) is 6.43. The predicted molar refractivity (Wildman–Crippen MR) is 128 cm³/mol. The van der Waals surface area contributed by atoms with E-state index in [1.165, 1.54) is 17.0 Å². The highest BCUT2D eigenvalue weighted by molar-refractivity contribution is 6.30. The second-order valence-electron chi connectivity index (χ2n) is 8.52. The summed E-state index contributed by atoms with van der Waals surface area (Å²) in [6.07, 6.45) is 0.323. The Balaban J connectivity index is 1.55. The minimum absolute atomic E-state index is 0.101. The number of H-pyrrole nitrogens is 1. The van der Waals surface area contributed by atoms with Crippen LogP contribution in [0.2, 0.25) is 5.02 Å². The molecule has 2 heterocycles. The molecular formula is C25H24ClFN4O3. The number of aromatic nitrogens is 2. The number of aromatic amines is 1. The van der Waals surface area contributed by atoms with Gasteiger partial charge in [-0.15, -0.1) is 0 Å². The van der Waals surface area contributed by atoms with Gasteiger partial charge in [0.2, 0.25) is 5.91 Å². The van der Waals surface area contributed by atoms with E-state index in [4.69, 9.17) is 11.6 Å². The van der Waals surface area contributed by atoms with Crippen molar-refractivity contribution in [2.75, 3.05) is 18.0 Å². The molecule has 0 bridgehead atoms. The fourth-order valence-electron chi connectivity index (χ4n) is 4.16. The molecule has 3 aromatic rings. The summed E-state index contributed by atoms with van der Waals surface area (Å²) in [4.78, 5) is 40.8. The van der Waals surface area contributed by atoms with Crippen molar-refractivity contribution in [2.24, 2.45) is 0 Å². The van der Waals surface area contributed by atoms with Crippen LogP contribution in [0, 0.1) is 19.7 Å². The average molecular weight is 483 g/mol. The molecule has 1 N–H and O–H groups in total. The van der Waals surface area contributed by atoms with Gasteiger partial charge in [-0.1, -0.05) is 17.7 Å². The van der Waals surface area contributed by atoms with Crippen LogP contribution >= 0.6 is 11.6 Å². The fraction of sp³-hybridized carbons (Fsp3) is 0.280. The van der Waals surface area contributed by atoms with E-state index in [-0.39, 0.29) is 36.2 Å². The van der Waals surface area contributed by atoms with E-state index in [0.29, 0.717) is 34.0 Å². The lowest BCUT2D eigenvalue weighted by atomic mass is 10.0. The summed E-state index contributed by atoms with van der Waals surface area (Å²) >= 11 is 5.95. The van der Waals surface area contributed by atoms with E-state index < -0.39 is 11.7 Å². The first-order valence-corrected chi connectivity index (χ1v) is 11.2. The van der Waals surface area contributed by atoms with Crippen LogP contribution < -0.4 is 10.5 Å². The summed E-state index contributed by atoms with van der Waals surface area (Å²) in [5, 5.41) is 7.12. The number of hydrogen-bond acceptors (Lipinski definition) is 4. The van der Waals surface area contributed by atoms with Gasteiger partial charge in [0, 0.05) is 29.2 Å². The maximum atomic E-state index is 14.7. The average Bonchev–Trinajstić information content (AvgIpc) is 2.81. The molecule has 0 aliphatic carbocycles. The molecule has 9 heteroatoms. The van der Waals surface area contributed by atoms with Crippen LogP contribution in [0.3, 0.4) is 0 Å². The van der Waals surface area contributed by atoms with E-state index in [0.717, 1.165) is 5.56 Å². The molecule has 1 aliphatic rings. The van der Waals surface area contributed by atoms with Gasteiger partial charge in [0.15, 0.2) is 0 Å². The standard InChI is InChI=1S/C25H24ClFN4O3/c1-14-12-30(13-23(32)31(14)19-7-5-18(26)6-8-19)25(34)20-10-17(4-9-21(20)27)11-22-15(2)16(3)24(33)29-28-22/h4-10,14H,11-13H2,1-3H3,(H,29,33)/t14-/m1/s1. The zero-order valence-electron chi connectivity index (χ0n) is 19.1. The normalized spacial score (nSPS) is 16.1. The first kappa shape index (κ1) is 23.6. The van der Waals surface area contributed by atoms with Crippen molar-refractivity contribution < 1.29 is 14.0 Å². The predicted octanol–water partition coefficient (Wildman–Crippen LogP) is 3.65. The summed E-state index contributed by atoms with van der Waals surface area (Å²) in [5.41, 5.74) is 2.96. The molecule has 1 fully saturated rings. The second kappa shape index (κ2) is 9.38. The van der Waals surface area contributed by atoms with Gasteiger partial charge in [-0.2, -0.15) is 5.10 Å². The minimum Gasteiger partial charge on any atom is -0.327 e. The lowest BCUT2D eigenvalue weighted by Crippen LogP contribution is -2.57. The van der Waals surface area contributed by atoms with Gasteiger partial charge in [-0.3, -0.25) is 14.4 Å². The zero-order chi connectivity index (χ0) is 24.6. The molecule has 1 atom stereocenters. The molecule has 2 amide bonds. The van der Waals surface area contributed by atoms with Crippen LogP contribution in [0.4, 0.5) is 10.1 Å². The molecule has 34 heavy (non-hydrogen) atoms. The molecule has 7 nitrogen and oxygen atoms in total. The topological polar surface area (TPSA) is 86.4 Å². The van der Waals surface area contributed by atoms with Crippen LogP contribution in [0.15, 0.2) is 47.3 Å². The monoisotopic (exact) mass is 482 g/mol. The summed E-state index contributed by atoms with van der Waals surface area (Å²) in [6, 6.07) is 10.9. The molecule has 4 rings (SSSR count). The van der Waals surface area contributed by atoms with Crippen LogP contribution in [-0.2, 0) is 11.2 Å². The Kier molecular flexibility index (Phi) is 6.52. The third-order valence-electron chi connectivity index (χ3n) is 6.17. The molecular weight excluding hydrogens is 459 g/mol. The Morgan fingerprint density at radius 1 is 1.15 bits per heavy atom. The van der Waals surface area contributed by atoms with Gasteiger partial charge in [0.05, 0.1) is 17.3 Å². The number of nitrogens with one attached hydrogen (secondary N) is 1. The molecule has 1 saturated heterocycles. The number of benzene rings is 2. The van der Waals surface area contributed by atoms with Gasteiger partial charge in [-0.05, 0) is 68.3 Å². The van der Waals surface area contributed by atoms with Gasteiger partial charge in [0.25, 0.3) is 11.5 Å². The number of piperazine rings is 1. The van der Waals surface area contributed by atoms with Gasteiger partial charge in [-0.25, -0.2) is 9.49 Å². The molecule has 1 aromatic heterocycles. The van der Waals surface area contributed by atoms with Crippen molar-refractivity contribution in [1.29, 1.82) is 0 Å². The Morgan fingerprint density at radius 2 is 1.85 bits per heavy atom. The molecule has 0 radical (unpaired) electrons. The van der Waals surface area contributed by atoms with Crippen LogP contribution in [0.25, 0.3) is 0 Å². The zero-order valence-corrected chi connectivity index (χ0v) is 19.8. The van der Waals surface area contributed by atoms with Gasteiger partial charge in [0.1, 0.15) is 12.4 Å². The van der Waals surface area contributed by atoms with Crippen LogP contribution in [0.5, 0.6) is 0 Å². The number of amides is 2. The number of carbonyl (C=O) groups is 2. The highest BCUT2D eigenvalue weighted by atomic mass is 35.5. The van der Waals surface area contributed by atoms with Crippen LogP contribution in [-0.4, -0.2) is 46.0 Å². The van der Waals surface area contributed by atoms with Crippen molar-refractivity contribution in [3.8, 4) is 0 Å². The molecule has 2 aromatic carbocycles. The number of rotatable bonds is 4. The Hall–Kier alpha value is -3.52. The van der Waals surface area contributed by atoms with Crippen molar-refractivity contribution in [3.05, 3.63) is 91.6 Å². The van der Waals surface area contributed by atoms with E-state index in [1.807, 2.05) is 6.92 Å². The van der Waals surface area contributed by atoms with E-state index >= 15 is 0 Å². The Bertz CT molecular complexity index is 1320.